The molecule has 4 saturated heterocycles. The number of ether oxygens (including phenoxy) is 2. The summed E-state index contributed by atoms with van der Waals surface area (Å²) in [4.78, 5) is 81.0. The summed E-state index contributed by atoms with van der Waals surface area (Å²) in [7, 11) is 0. The normalized spacial score (nSPS) is 18.9. The molecule has 4 atom stereocenters. The SMILES string of the molecule is CC(C)(C)OC(=O)N1CCCCC1C(=O)N1CCCCC1C(=O)NC(CCCc1ccccc1)CCCc1ccccc1.CC(C)(C)OC(=O)N1CCCCC1C(=O)O.O=C(NC(CCCc1ccccc1)CCCc1ccccc1)C1CCCCN1. The fourth-order valence-corrected chi connectivity index (χ4v) is 12.2. The maximum absolute atomic E-state index is 14.0. The molecule has 0 spiro atoms. The van der Waals surface area contributed by atoms with Crippen molar-refractivity contribution in [3.63, 3.8) is 0 Å². The van der Waals surface area contributed by atoms with Gasteiger partial charge in [-0.2, -0.15) is 0 Å². The number of rotatable bonds is 22. The molecule has 4 aliphatic heterocycles. The van der Waals surface area contributed by atoms with Gasteiger partial charge in [-0.3, -0.25) is 24.2 Å². The van der Waals surface area contributed by atoms with E-state index in [9.17, 15) is 28.8 Å². The predicted molar refractivity (Wildman–Crippen MR) is 345 cm³/mol. The van der Waals surface area contributed by atoms with Gasteiger partial charge in [-0.25, -0.2) is 14.4 Å². The van der Waals surface area contributed by atoms with Crippen LogP contribution in [-0.4, -0.2) is 129 Å². The molecule has 0 radical (unpaired) electrons. The molecule has 8 rings (SSSR count). The Morgan fingerprint density at radius 2 is 0.805 bits per heavy atom. The van der Waals surface area contributed by atoms with Gasteiger partial charge >= 0.3 is 18.2 Å². The van der Waals surface area contributed by atoms with E-state index >= 15 is 0 Å². The predicted octanol–water partition coefficient (Wildman–Crippen LogP) is 13.2. The lowest BCUT2D eigenvalue weighted by atomic mass is 9.95. The summed E-state index contributed by atoms with van der Waals surface area (Å²) in [6.45, 7) is 13.3. The molecule has 0 saturated carbocycles. The van der Waals surface area contributed by atoms with Gasteiger partial charge in [0.25, 0.3) is 0 Å². The molecule has 0 aromatic heterocycles. The van der Waals surface area contributed by atoms with E-state index < -0.39 is 47.5 Å². The van der Waals surface area contributed by atoms with Gasteiger partial charge < -0.3 is 35.4 Å². The number of aliphatic carboxylic acids is 1. The molecule has 0 aliphatic carbocycles. The number of carboxylic acids is 1. The topological polar surface area (TPSA) is 187 Å². The Kier molecular flexibility index (Phi) is 29.1. The van der Waals surface area contributed by atoms with Crippen molar-refractivity contribution in [1.29, 1.82) is 0 Å². The van der Waals surface area contributed by atoms with E-state index in [1.807, 2.05) is 32.9 Å². The van der Waals surface area contributed by atoms with Crippen LogP contribution in [-0.2, 0) is 54.3 Å². The second kappa shape index (κ2) is 36.5. The lowest BCUT2D eigenvalue weighted by molar-refractivity contribution is -0.147. The zero-order valence-electron chi connectivity index (χ0n) is 53.4. The van der Waals surface area contributed by atoms with Gasteiger partial charge in [-0.05, 0) is 218 Å². The number of carbonyl (C=O) groups is 6. The first kappa shape index (κ1) is 69.4. The molecule has 4 unspecified atom stereocenters. The Bertz CT molecular complexity index is 2570. The van der Waals surface area contributed by atoms with Crippen molar-refractivity contribution in [2.24, 2.45) is 0 Å². The molecule has 4 heterocycles. The van der Waals surface area contributed by atoms with Gasteiger partial charge in [0.2, 0.25) is 17.7 Å². The van der Waals surface area contributed by atoms with E-state index in [0.717, 1.165) is 135 Å². The summed E-state index contributed by atoms with van der Waals surface area (Å²) in [5.74, 6) is -0.929. The highest BCUT2D eigenvalue weighted by molar-refractivity contribution is 5.92. The highest BCUT2D eigenvalue weighted by Crippen LogP contribution is 2.27. The van der Waals surface area contributed by atoms with Crippen molar-refractivity contribution in [3.05, 3.63) is 144 Å². The fraction of sp³-hybridized carbons (Fsp3) is 0.583. The third-order valence-electron chi connectivity index (χ3n) is 16.7. The Balaban J connectivity index is 0.000000234. The maximum Gasteiger partial charge on any atom is 0.411 e. The molecule has 4 aliphatic rings. The van der Waals surface area contributed by atoms with Gasteiger partial charge in [0.05, 0.1) is 6.04 Å². The van der Waals surface area contributed by atoms with Crippen molar-refractivity contribution >= 4 is 35.9 Å². The summed E-state index contributed by atoms with van der Waals surface area (Å²) >= 11 is 0. The lowest BCUT2D eigenvalue weighted by Gasteiger charge is -2.42. The van der Waals surface area contributed by atoms with Crippen LogP contribution in [0.2, 0.25) is 0 Å². The van der Waals surface area contributed by atoms with Crippen LogP contribution in [0.5, 0.6) is 0 Å². The van der Waals surface area contributed by atoms with Crippen LogP contribution >= 0.6 is 0 Å². The summed E-state index contributed by atoms with van der Waals surface area (Å²) in [5, 5.41) is 19.1. The largest absolute Gasteiger partial charge is 0.480 e. The number of hydrogen-bond donors (Lipinski definition) is 4. The van der Waals surface area contributed by atoms with Gasteiger partial charge in [-0.15, -0.1) is 0 Å². The van der Waals surface area contributed by atoms with E-state index in [2.05, 4.69) is 125 Å². The van der Waals surface area contributed by atoms with E-state index in [0.29, 0.717) is 38.9 Å². The average molecular weight is 1200 g/mol. The first-order chi connectivity index (χ1) is 41.8. The number of carboxylic acid groups (broad SMARTS) is 1. The number of likely N-dealkylation sites (tertiary alicyclic amines) is 3. The Morgan fingerprint density at radius 1 is 0.460 bits per heavy atom. The molecular weight excluding hydrogens is 1090 g/mol. The Labute approximate surface area is 520 Å². The highest BCUT2D eigenvalue weighted by Gasteiger charge is 2.42. The number of benzene rings is 4. The number of carbonyl (C=O) groups excluding carboxylic acids is 5. The molecule has 15 nitrogen and oxygen atoms in total. The second-order valence-electron chi connectivity index (χ2n) is 26.2. The van der Waals surface area contributed by atoms with Crippen molar-refractivity contribution < 1.29 is 43.3 Å². The standard InChI is InChI=1S/C36H51N3O4.C25H34N2O.C11H19NO4/c1-36(2,3)43-35(42)39-27-13-11-25-32(39)34(41)38-26-12-10-24-31(38)33(40)37-30(22-14-20-28-16-6-4-7-17-28)23-15-21-29-18-8-5-9-19-29;28-25(24-19-7-8-20-26-24)27-23(17-9-15-21-11-3-1-4-12-21)18-10-16-22-13-5-2-6-14-22;1-11(2,3)16-10(15)12-7-5-4-6-8(12)9(13)14/h4-9,16-19,30-32H,10-15,20-27H2,1-3H3,(H,37,40);1-6,11-14,23-24,26H,7-10,15-20H2,(H,27,28);8H,4-7H2,1-3H3,(H,13,14). The quantitative estimate of drug-likeness (QED) is 0.0590. The van der Waals surface area contributed by atoms with Crippen molar-refractivity contribution in [2.45, 2.75) is 243 Å². The van der Waals surface area contributed by atoms with Crippen molar-refractivity contribution in [2.75, 3.05) is 26.2 Å². The average Bonchev–Trinajstić information content (AvgIpc) is 1.99. The van der Waals surface area contributed by atoms with Crippen molar-refractivity contribution in [1.82, 2.24) is 30.7 Å². The molecule has 4 N–H and O–H groups in total. The van der Waals surface area contributed by atoms with E-state index in [1.165, 1.54) is 33.6 Å². The minimum atomic E-state index is -0.953. The van der Waals surface area contributed by atoms with Crippen LogP contribution in [0.4, 0.5) is 9.59 Å². The third-order valence-corrected chi connectivity index (χ3v) is 16.7. The zero-order valence-corrected chi connectivity index (χ0v) is 53.4. The van der Waals surface area contributed by atoms with E-state index in [-0.39, 0.29) is 35.8 Å². The first-order valence-electron chi connectivity index (χ1n) is 32.9. The first-order valence-corrected chi connectivity index (χ1v) is 32.9. The molecule has 4 fully saturated rings. The lowest BCUT2D eigenvalue weighted by Crippen LogP contribution is -2.60. The number of hydrogen-bond acceptors (Lipinski definition) is 9. The Hall–Kier alpha value is -6.74. The number of nitrogens with zero attached hydrogens (tertiary/aromatic N) is 3. The zero-order chi connectivity index (χ0) is 62.4. The van der Waals surface area contributed by atoms with Crippen LogP contribution in [0.25, 0.3) is 0 Å². The molecule has 4 aromatic carbocycles. The number of nitrogens with one attached hydrogen (secondary N) is 3. The monoisotopic (exact) mass is 1200 g/mol. The molecule has 4 aromatic rings. The van der Waals surface area contributed by atoms with Crippen molar-refractivity contribution in [3.8, 4) is 0 Å². The summed E-state index contributed by atoms with van der Waals surface area (Å²) in [5.41, 5.74) is 4.16. The van der Waals surface area contributed by atoms with Crippen LogP contribution in [0, 0.1) is 0 Å². The Morgan fingerprint density at radius 3 is 1.17 bits per heavy atom. The van der Waals surface area contributed by atoms with Crippen LogP contribution in [0.3, 0.4) is 0 Å². The summed E-state index contributed by atoms with van der Waals surface area (Å²) in [6.07, 6.45) is 21.4. The van der Waals surface area contributed by atoms with Gasteiger partial charge in [-0.1, -0.05) is 128 Å². The van der Waals surface area contributed by atoms with E-state index in [4.69, 9.17) is 14.6 Å². The summed E-state index contributed by atoms with van der Waals surface area (Å²) < 4.78 is 10.8. The van der Waals surface area contributed by atoms with Crippen LogP contribution in [0.1, 0.15) is 192 Å². The molecule has 5 amide bonds. The smallest absolute Gasteiger partial charge is 0.411 e. The van der Waals surface area contributed by atoms with Gasteiger partial charge in [0, 0.05) is 31.7 Å². The minimum Gasteiger partial charge on any atom is -0.480 e. The fourth-order valence-electron chi connectivity index (χ4n) is 12.2. The van der Waals surface area contributed by atoms with Gasteiger partial charge in [0.15, 0.2) is 0 Å². The highest BCUT2D eigenvalue weighted by atomic mass is 16.6. The minimum absolute atomic E-state index is 0.000466. The number of aryl methyl sites for hydroxylation is 4. The summed E-state index contributed by atoms with van der Waals surface area (Å²) in [6, 6.07) is 40.7. The maximum atomic E-state index is 14.0. The molecular formula is C72H104N6O9. The number of piperidine rings is 4. The number of amides is 5. The van der Waals surface area contributed by atoms with Crippen LogP contribution < -0.4 is 16.0 Å². The van der Waals surface area contributed by atoms with E-state index in [1.54, 1.807) is 30.6 Å². The molecule has 0 bridgehead atoms. The molecule has 87 heavy (non-hydrogen) atoms. The third kappa shape index (κ3) is 25.5. The molecule has 476 valence electrons. The van der Waals surface area contributed by atoms with Crippen LogP contribution in [0.15, 0.2) is 121 Å². The molecule has 15 heteroatoms. The second-order valence-corrected chi connectivity index (χ2v) is 26.2. The van der Waals surface area contributed by atoms with Gasteiger partial charge in [0.1, 0.15) is 29.3 Å².